The van der Waals surface area contributed by atoms with Crippen LogP contribution in [0.3, 0.4) is 0 Å². The third-order valence-electron chi connectivity index (χ3n) is 6.63. The summed E-state index contributed by atoms with van der Waals surface area (Å²) in [6.45, 7) is 6.14. The van der Waals surface area contributed by atoms with Gasteiger partial charge in [0.2, 0.25) is 0 Å². The normalized spacial score (nSPS) is 16.3. The molecule has 1 fully saturated rings. The highest BCUT2D eigenvalue weighted by atomic mass is 35.5. The molecule has 0 heterocycles. The summed E-state index contributed by atoms with van der Waals surface area (Å²) in [6.07, 6.45) is 9.56. The van der Waals surface area contributed by atoms with Gasteiger partial charge in [-0.25, -0.2) is 0 Å². The molecule has 0 radical (unpaired) electrons. The van der Waals surface area contributed by atoms with E-state index in [1.165, 1.54) is 37.7 Å². The number of nitrogens with one attached hydrogen (secondary N) is 1. The van der Waals surface area contributed by atoms with Crippen molar-refractivity contribution in [3.63, 3.8) is 0 Å². The second-order valence-corrected chi connectivity index (χ2v) is 9.12. The molecule has 1 saturated carbocycles. The van der Waals surface area contributed by atoms with Crippen molar-refractivity contribution in [2.75, 3.05) is 19.4 Å². The predicted molar refractivity (Wildman–Crippen MR) is 135 cm³/mol. The summed E-state index contributed by atoms with van der Waals surface area (Å²) >= 11 is 6.15. The Bertz CT molecular complexity index is 889. The van der Waals surface area contributed by atoms with Gasteiger partial charge in [0, 0.05) is 21.8 Å². The van der Waals surface area contributed by atoms with Crippen molar-refractivity contribution in [3.8, 4) is 0 Å². The van der Waals surface area contributed by atoms with E-state index in [-0.39, 0.29) is 23.9 Å². The minimum absolute atomic E-state index is 0. The Labute approximate surface area is 198 Å². The monoisotopic (exact) mass is 460 g/mol. The lowest BCUT2D eigenvalue weighted by Gasteiger charge is -2.46. The third kappa shape index (κ3) is 5.91. The Morgan fingerprint density at radius 2 is 1.81 bits per heavy atom. The molecule has 1 atom stereocenters. The molecule has 1 N–H and O–H groups in total. The van der Waals surface area contributed by atoms with Crippen LogP contribution in [-0.2, 0) is 6.42 Å². The van der Waals surface area contributed by atoms with Crippen LogP contribution < -0.4 is 5.32 Å². The summed E-state index contributed by atoms with van der Waals surface area (Å²) < 4.78 is 0. The van der Waals surface area contributed by atoms with Crippen LogP contribution in [0.2, 0.25) is 5.02 Å². The Morgan fingerprint density at radius 3 is 2.35 bits per heavy atom. The van der Waals surface area contributed by atoms with Gasteiger partial charge in [-0.3, -0.25) is 9.69 Å². The average molecular weight is 461 g/mol. The number of amides is 1. The van der Waals surface area contributed by atoms with Gasteiger partial charge in [-0.15, -0.1) is 19.0 Å². The molecule has 2 aromatic rings. The van der Waals surface area contributed by atoms with E-state index >= 15 is 0 Å². The molecule has 1 unspecified atom stereocenters. The first-order valence-electron chi connectivity index (χ1n) is 10.8. The lowest BCUT2D eigenvalue weighted by Crippen LogP contribution is -2.51. The van der Waals surface area contributed by atoms with E-state index in [9.17, 15) is 4.79 Å². The van der Waals surface area contributed by atoms with Crippen molar-refractivity contribution in [3.05, 3.63) is 76.8 Å². The number of nitrogens with zero attached hydrogens (tertiary/aromatic N) is 1. The molecular formula is C26H34Cl2N2O. The molecule has 0 bridgehead atoms. The first-order valence-corrected chi connectivity index (χ1v) is 11.2. The van der Waals surface area contributed by atoms with Gasteiger partial charge in [0.25, 0.3) is 5.91 Å². The largest absolute Gasteiger partial charge is 0.322 e. The fourth-order valence-electron chi connectivity index (χ4n) is 4.66. The Kier molecular flexibility index (Phi) is 9.17. The van der Waals surface area contributed by atoms with E-state index in [0.717, 1.165) is 17.7 Å². The molecule has 1 aliphatic carbocycles. The first-order chi connectivity index (χ1) is 14.4. The number of rotatable bonds is 7. The molecule has 1 amide bonds. The van der Waals surface area contributed by atoms with Gasteiger partial charge in [0.05, 0.1) is 0 Å². The van der Waals surface area contributed by atoms with Crippen molar-refractivity contribution < 1.29 is 4.79 Å². The summed E-state index contributed by atoms with van der Waals surface area (Å²) in [5.74, 6) is 0.477. The molecule has 3 nitrogen and oxygen atoms in total. The van der Waals surface area contributed by atoms with Crippen LogP contribution in [0.25, 0.3) is 0 Å². The van der Waals surface area contributed by atoms with Gasteiger partial charge < -0.3 is 5.32 Å². The van der Waals surface area contributed by atoms with Crippen LogP contribution in [-0.4, -0.2) is 30.4 Å². The van der Waals surface area contributed by atoms with Gasteiger partial charge in [0.15, 0.2) is 0 Å². The van der Waals surface area contributed by atoms with Crippen LogP contribution >= 0.6 is 24.0 Å². The smallest absolute Gasteiger partial charge is 0.255 e. The zero-order valence-electron chi connectivity index (χ0n) is 18.8. The summed E-state index contributed by atoms with van der Waals surface area (Å²) in [4.78, 5) is 14.9. The highest BCUT2D eigenvalue weighted by Crippen LogP contribution is 2.39. The quantitative estimate of drug-likeness (QED) is 0.454. The first kappa shape index (κ1) is 25.5. The van der Waals surface area contributed by atoms with Crippen LogP contribution in [0, 0.1) is 12.8 Å². The van der Waals surface area contributed by atoms with Crippen LogP contribution in [0.4, 0.5) is 5.69 Å². The SMILES string of the molecule is C=CC(Cc1ccc(NC(=O)c2ccc(C)c(Cl)c2)cc1)(C1CCCCC1)N(C)C.Cl. The fourth-order valence-corrected chi connectivity index (χ4v) is 4.84. The van der Waals surface area contributed by atoms with Crippen molar-refractivity contribution in [2.24, 2.45) is 5.92 Å². The number of likely N-dealkylation sites (N-methyl/N-ethyl adjacent to an activating group) is 1. The average Bonchev–Trinajstić information content (AvgIpc) is 2.75. The number of aryl methyl sites for hydroxylation is 1. The Hall–Kier alpha value is -1.81. The van der Waals surface area contributed by atoms with Crippen LogP contribution in [0.5, 0.6) is 0 Å². The molecule has 0 saturated heterocycles. The minimum atomic E-state index is -0.152. The predicted octanol–water partition coefficient (Wildman–Crippen LogP) is 6.93. The van der Waals surface area contributed by atoms with Gasteiger partial charge in [-0.2, -0.15) is 0 Å². The van der Waals surface area contributed by atoms with Crippen molar-refractivity contribution in [1.82, 2.24) is 4.90 Å². The number of hydrogen-bond donors (Lipinski definition) is 1. The third-order valence-corrected chi connectivity index (χ3v) is 7.04. The Morgan fingerprint density at radius 1 is 1.16 bits per heavy atom. The van der Waals surface area contributed by atoms with Crippen LogP contribution in [0.1, 0.15) is 53.6 Å². The van der Waals surface area contributed by atoms with E-state index in [4.69, 9.17) is 11.6 Å². The summed E-state index contributed by atoms with van der Waals surface area (Å²) in [5, 5.41) is 3.57. The van der Waals surface area contributed by atoms with Gasteiger partial charge in [-0.05, 0) is 81.6 Å². The number of carbonyl (C=O) groups excluding carboxylic acids is 1. The van der Waals surface area contributed by atoms with Gasteiger partial charge in [-0.1, -0.05) is 55.1 Å². The number of benzene rings is 2. The van der Waals surface area contributed by atoms with Crippen molar-refractivity contribution >= 4 is 35.6 Å². The molecule has 2 aromatic carbocycles. The number of carbonyl (C=O) groups is 1. The topological polar surface area (TPSA) is 32.3 Å². The number of hydrogen-bond acceptors (Lipinski definition) is 2. The van der Waals surface area contributed by atoms with Crippen molar-refractivity contribution in [1.29, 1.82) is 0 Å². The zero-order valence-corrected chi connectivity index (χ0v) is 20.4. The molecule has 5 heteroatoms. The molecule has 0 aromatic heterocycles. The molecular weight excluding hydrogens is 427 g/mol. The van der Waals surface area contributed by atoms with Gasteiger partial charge >= 0.3 is 0 Å². The van der Waals surface area contributed by atoms with E-state index in [1.54, 1.807) is 12.1 Å². The van der Waals surface area contributed by atoms with E-state index < -0.39 is 0 Å². The number of halogens is 2. The maximum atomic E-state index is 12.5. The Balaban J connectivity index is 0.00000341. The van der Waals surface area contributed by atoms with Gasteiger partial charge in [0.1, 0.15) is 0 Å². The van der Waals surface area contributed by atoms with E-state index in [2.05, 4.69) is 49.1 Å². The maximum absolute atomic E-state index is 12.5. The molecule has 3 rings (SSSR count). The molecule has 0 aliphatic heterocycles. The zero-order chi connectivity index (χ0) is 21.7. The fraction of sp³-hybridized carbons (Fsp3) is 0.423. The highest BCUT2D eigenvalue weighted by Gasteiger charge is 2.38. The molecule has 0 spiro atoms. The molecule has 168 valence electrons. The minimum Gasteiger partial charge on any atom is -0.322 e. The molecule has 1 aliphatic rings. The molecule has 31 heavy (non-hydrogen) atoms. The maximum Gasteiger partial charge on any atom is 0.255 e. The second kappa shape index (κ2) is 11.2. The van der Waals surface area contributed by atoms with E-state index in [1.807, 2.05) is 25.1 Å². The van der Waals surface area contributed by atoms with E-state index in [0.29, 0.717) is 16.5 Å². The number of anilines is 1. The second-order valence-electron chi connectivity index (χ2n) is 8.72. The van der Waals surface area contributed by atoms with Crippen LogP contribution in [0.15, 0.2) is 55.1 Å². The standard InChI is InChI=1S/C26H33ClN2O.ClH/c1-5-26(29(3)4,22-9-7-6-8-10-22)18-20-12-15-23(16-13-20)28-25(30)21-14-11-19(2)24(27)17-21;/h5,11-17,22H,1,6-10,18H2,2-4H3,(H,28,30);1H. The summed E-state index contributed by atoms with van der Waals surface area (Å²) in [7, 11) is 4.33. The summed E-state index contributed by atoms with van der Waals surface area (Å²) in [5.41, 5.74) is 3.52. The summed E-state index contributed by atoms with van der Waals surface area (Å²) in [6, 6.07) is 13.6. The lowest BCUT2D eigenvalue weighted by atomic mass is 9.71. The van der Waals surface area contributed by atoms with Crippen molar-refractivity contribution in [2.45, 2.75) is 51.0 Å². The highest BCUT2D eigenvalue weighted by molar-refractivity contribution is 6.31. The lowest BCUT2D eigenvalue weighted by molar-refractivity contribution is 0.0987.